The molecule has 1 aliphatic heterocycles. The molecule has 1 atom stereocenters. The topological polar surface area (TPSA) is 50.2 Å². The van der Waals surface area contributed by atoms with Crippen molar-refractivity contribution in [3.05, 3.63) is 52.8 Å². The number of hydrogen-bond acceptors (Lipinski definition) is 3. The second-order valence-corrected chi connectivity index (χ2v) is 7.59. The van der Waals surface area contributed by atoms with E-state index in [9.17, 15) is 18.0 Å². The highest BCUT2D eigenvalue weighted by Gasteiger charge is 2.31. The monoisotopic (exact) mass is 408 g/mol. The first-order valence-corrected chi connectivity index (χ1v) is 9.91. The summed E-state index contributed by atoms with van der Waals surface area (Å²) in [6, 6.07) is 7.54. The smallest absolute Gasteiger partial charge is 0.338 e. The zero-order valence-corrected chi connectivity index (χ0v) is 16.8. The number of carbonyl (C=O) groups excluding carboxylic acids is 1. The van der Waals surface area contributed by atoms with Gasteiger partial charge < -0.3 is 10.2 Å². The van der Waals surface area contributed by atoms with Crippen molar-refractivity contribution in [1.29, 1.82) is 0 Å². The van der Waals surface area contributed by atoms with Gasteiger partial charge in [-0.2, -0.15) is 18.3 Å². The molecule has 3 rings (SSSR count). The largest absolute Gasteiger partial charge is 0.416 e. The van der Waals surface area contributed by atoms with Crippen LogP contribution in [0.25, 0.3) is 0 Å². The maximum absolute atomic E-state index is 12.8. The maximum atomic E-state index is 12.8. The van der Waals surface area contributed by atoms with Crippen LogP contribution in [0.2, 0.25) is 0 Å². The van der Waals surface area contributed by atoms with E-state index in [1.807, 2.05) is 29.5 Å². The number of carbonyl (C=O) groups is 1. The fraction of sp³-hybridized carbons (Fsp3) is 0.524. The summed E-state index contributed by atoms with van der Waals surface area (Å²) in [5, 5.41) is 7.65. The zero-order valence-electron chi connectivity index (χ0n) is 16.8. The Bertz CT molecular complexity index is 847. The van der Waals surface area contributed by atoms with Crippen molar-refractivity contribution in [3.8, 4) is 0 Å². The number of nitrogens with one attached hydrogen (secondary N) is 1. The summed E-state index contributed by atoms with van der Waals surface area (Å²) in [4.78, 5) is 14.2. The van der Waals surface area contributed by atoms with Crippen molar-refractivity contribution in [1.82, 2.24) is 20.0 Å². The lowest BCUT2D eigenvalue weighted by Crippen LogP contribution is -2.37. The number of amides is 1. The number of nitrogens with zero attached hydrogens (tertiary/aromatic N) is 3. The highest BCUT2D eigenvalue weighted by molar-refractivity contribution is 5.78. The lowest BCUT2D eigenvalue weighted by atomic mass is 10.1. The minimum atomic E-state index is -4.33. The van der Waals surface area contributed by atoms with Crippen molar-refractivity contribution in [3.63, 3.8) is 0 Å². The minimum Gasteiger partial charge on any atom is -0.338 e. The number of hydrogen-bond donors (Lipinski definition) is 1. The summed E-state index contributed by atoms with van der Waals surface area (Å²) < 4.78 is 40.3. The van der Waals surface area contributed by atoms with Crippen LogP contribution in [-0.4, -0.2) is 39.7 Å². The van der Waals surface area contributed by atoms with Crippen LogP contribution >= 0.6 is 0 Å². The van der Waals surface area contributed by atoms with Gasteiger partial charge in [0.25, 0.3) is 0 Å². The lowest BCUT2D eigenvalue weighted by Gasteiger charge is -2.25. The van der Waals surface area contributed by atoms with Crippen molar-refractivity contribution in [2.45, 2.75) is 58.4 Å². The Hall–Kier alpha value is -2.35. The zero-order chi connectivity index (χ0) is 21.0. The second-order valence-electron chi connectivity index (χ2n) is 7.59. The second kappa shape index (κ2) is 8.98. The molecule has 158 valence electrons. The van der Waals surface area contributed by atoms with Gasteiger partial charge in [-0.1, -0.05) is 18.2 Å². The van der Waals surface area contributed by atoms with Crippen LogP contribution in [0.15, 0.2) is 30.3 Å². The van der Waals surface area contributed by atoms with Crippen LogP contribution in [0.5, 0.6) is 0 Å². The van der Waals surface area contributed by atoms with Crippen molar-refractivity contribution in [2.75, 3.05) is 13.1 Å². The number of aryl methyl sites for hydroxylation is 2. The van der Waals surface area contributed by atoms with E-state index >= 15 is 0 Å². The van der Waals surface area contributed by atoms with Crippen LogP contribution in [0, 0.1) is 13.8 Å². The summed E-state index contributed by atoms with van der Waals surface area (Å²) in [6.45, 7) is 6.25. The van der Waals surface area contributed by atoms with E-state index in [1.54, 1.807) is 6.07 Å². The van der Waals surface area contributed by atoms with Crippen molar-refractivity contribution >= 4 is 5.91 Å². The fourth-order valence-electron chi connectivity index (χ4n) is 3.86. The van der Waals surface area contributed by atoms with E-state index < -0.39 is 11.7 Å². The molecule has 1 fully saturated rings. The average molecular weight is 408 g/mol. The lowest BCUT2D eigenvalue weighted by molar-refractivity contribution is -0.137. The van der Waals surface area contributed by atoms with E-state index in [0.29, 0.717) is 38.2 Å². The molecule has 0 saturated carbocycles. The van der Waals surface area contributed by atoms with E-state index in [1.165, 1.54) is 12.1 Å². The van der Waals surface area contributed by atoms with Crippen LogP contribution in [0.3, 0.4) is 0 Å². The van der Waals surface area contributed by atoms with Gasteiger partial charge in [-0.25, -0.2) is 0 Å². The highest BCUT2D eigenvalue weighted by atomic mass is 19.4. The predicted molar refractivity (Wildman–Crippen MR) is 104 cm³/mol. The third kappa shape index (κ3) is 5.59. The number of likely N-dealkylation sites (tertiary alicyclic amines) is 1. The Morgan fingerprint density at radius 2 is 2.00 bits per heavy atom. The summed E-state index contributed by atoms with van der Waals surface area (Å²) in [5.74, 6) is 0.161. The molecular weight excluding hydrogens is 381 g/mol. The van der Waals surface area contributed by atoms with Crippen LogP contribution in [0.1, 0.15) is 41.8 Å². The maximum Gasteiger partial charge on any atom is 0.416 e. The summed E-state index contributed by atoms with van der Waals surface area (Å²) in [6.07, 6.45) is -2.18. The molecule has 0 spiro atoms. The molecule has 2 heterocycles. The SMILES string of the molecule is Cc1cc(C)n(CCN2C(=O)CCC2CCNCc2cccc(C(F)(F)F)c2)n1. The van der Waals surface area contributed by atoms with Gasteiger partial charge in [-0.3, -0.25) is 9.48 Å². The van der Waals surface area contributed by atoms with E-state index in [0.717, 1.165) is 30.3 Å². The normalized spacial score (nSPS) is 17.3. The van der Waals surface area contributed by atoms with E-state index in [2.05, 4.69) is 10.4 Å². The van der Waals surface area contributed by atoms with Gasteiger partial charge in [0.05, 0.1) is 17.8 Å². The first kappa shape index (κ1) is 21.4. The molecule has 1 aromatic heterocycles. The molecule has 1 amide bonds. The van der Waals surface area contributed by atoms with Gasteiger partial charge in [-0.15, -0.1) is 0 Å². The molecule has 1 unspecified atom stereocenters. The first-order chi connectivity index (χ1) is 13.7. The Kier molecular flexibility index (Phi) is 6.62. The number of aromatic nitrogens is 2. The molecule has 1 saturated heterocycles. The Balaban J connectivity index is 1.47. The van der Waals surface area contributed by atoms with Crippen LogP contribution in [0.4, 0.5) is 13.2 Å². The molecule has 1 aromatic carbocycles. The van der Waals surface area contributed by atoms with E-state index in [-0.39, 0.29) is 11.9 Å². The standard InChI is InChI=1S/C21H27F3N4O/c1-15-12-16(2)28(26-15)11-10-27-19(6-7-20(27)29)8-9-25-14-17-4-3-5-18(13-17)21(22,23)24/h3-5,12-13,19,25H,6-11,14H2,1-2H3. The van der Waals surface area contributed by atoms with Crippen molar-refractivity contribution < 1.29 is 18.0 Å². The molecule has 5 nitrogen and oxygen atoms in total. The summed E-state index contributed by atoms with van der Waals surface area (Å²) in [5.41, 5.74) is 2.01. The quantitative estimate of drug-likeness (QED) is 0.678. The minimum absolute atomic E-state index is 0.161. The summed E-state index contributed by atoms with van der Waals surface area (Å²) >= 11 is 0. The van der Waals surface area contributed by atoms with Crippen LogP contribution < -0.4 is 5.32 Å². The van der Waals surface area contributed by atoms with Gasteiger partial charge >= 0.3 is 6.18 Å². The van der Waals surface area contributed by atoms with Gasteiger partial charge in [0.2, 0.25) is 5.91 Å². The number of alkyl halides is 3. The van der Waals surface area contributed by atoms with Gasteiger partial charge in [0.1, 0.15) is 0 Å². The number of benzene rings is 1. The third-order valence-corrected chi connectivity index (χ3v) is 5.35. The molecule has 0 radical (unpaired) electrons. The Morgan fingerprint density at radius 1 is 1.21 bits per heavy atom. The van der Waals surface area contributed by atoms with Gasteiger partial charge in [0, 0.05) is 31.2 Å². The van der Waals surface area contributed by atoms with Crippen molar-refractivity contribution in [2.24, 2.45) is 0 Å². The third-order valence-electron chi connectivity index (χ3n) is 5.35. The molecule has 0 bridgehead atoms. The first-order valence-electron chi connectivity index (χ1n) is 9.91. The van der Waals surface area contributed by atoms with Gasteiger partial charge in [0.15, 0.2) is 0 Å². The number of rotatable bonds is 8. The molecule has 29 heavy (non-hydrogen) atoms. The molecule has 2 aromatic rings. The van der Waals surface area contributed by atoms with Crippen LogP contribution in [-0.2, 0) is 24.1 Å². The molecule has 1 aliphatic rings. The predicted octanol–water partition coefficient (Wildman–Crippen LogP) is 3.69. The van der Waals surface area contributed by atoms with E-state index in [4.69, 9.17) is 0 Å². The highest BCUT2D eigenvalue weighted by Crippen LogP contribution is 2.29. The molecule has 8 heteroatoms. The Labute approximate surface area is 168 Å². The van der Waals surface area contributed by atoms with Gasteiger partial charge in [-0.05, 0) is 50.9 Å². The average Bonchev–Trinajstić information content (AvgIpc) is 3.17. The molecule has 0 aliphatic carbocycles. The fourth-order valence-corrected chi connectivity index (χ4v) is 3.86. The molecule has 1 N–H and O–H groups in total. The summed E-state index contributed by atoms with van der Waals surface area (Å²) in [7, 11) is 0. The molecular formula is C21H27F3N4O. The Morgan fingerprint density at radius 3 is 2.69 bits per heavy atom. The number of halogens is 3.